The number of aromatic nitrogens is 18. The van der Waals surface area contributed by atoms with Crippen molar-refractivity contribution in [3.05, 3.63) is 314 Å². The summed E-state index contributed by atoms with van der Waals surface area (Å²) in [6.07, 6.45) is 15.5. The summed E-state index contributed by atoms with van der Waals surface area (Å²) in [5.41, 5.74) is 44.1. The van der Waals surface area contributed by atoms with Crippen molar-refractivity contribution in [1.82, 2.24) is 88.3 Å². The average molecular weight is 1970 g/mol. The monoisotopic (exact) mass is 1970 g/mol. The molecule has 128 heavy (non-hydrogen) atoms. The molecule has 0 aliphatic rings. The minimum absolute atomic E-state index is 0.0663. The second-order valence-electron chi connectivity index (χ2n) is 28.9. The number of carboxylic acid groups (broad SMARTS) is 4. The number of pyridine rings is 5. The zero-order valence-electron chi connectivity index (χ0n) is 66.6. The van der Waals surface area contributed by atoms with Crippen LogP contribution in [0.3, 0.4) is 0 Å². The number of carboxylic acids is 4. The number of nitrogens with two attached hydrogens (primary N) is 4. The van der Waals surface area contributed by atoms with Crippen LogP contribution >= 0.6 is 75.1 Å². The fourth-order valence-electron chi connectivity index (χ4n) is 13.7. The second-order valence-corrected chi connectivity index (χ2v) is 33.2. The van der Waals surface area contributed by atoms with Crippen LogP contribution in [0.2, 0.25) is 0 Å². The van der Waals surface area contributed by atoms with Gasteiger partial charge in [-0.25, -0.2) is 34.3 Å². The van der Waals surface area contributed by atoms with Gasteiger partial charge in [0.05, 0.1) is 87.4 Å². The van der Waals surface area contributed by atoms with E-state index in [0.717, 1.165) is 101 Å². The molecule has 0 spiro atoms. The third-order valence-electron chi connectivity index (χ3n) is 20.6. The smallest absolute Gasteiger partial charge is 0.371 e. The molecular weight excluding hydrogens is 1910 g/mol. The number of rotatable bonds is 17. The molecule has 0 aliphatic carbocycles. The normalized spacial score (nSPS) is 11.3. The number of benzene rings is 4. The summed E-state index contributed by atoms with van der Waals surface area (Å²) in [7, 11) is 0. The number of hydrogen-bond donors (Lipinski definition) is 9. The van der Waals surface area contributed by atoms with Gasteiger partial charge in [-0.15, -0.1) is 11.3 Å². The van der Waals surface area contributed by atoms with Gasteiger partial charge < -0.3 is 52.8 Å². The van der Waals surface area contributed by atoms with Crippen LogP contribution in [0.15, 0.2) is 296 Å². The van der Waals surface area contributed by atoms with E-state index >= 15 is 0 Å². The van der Waals surface area contributed by atoms with Gasteiger partial charge in [-0.3, -0.25) is 29.7 Å². The fourth-order valence-corrected chi connectivity index (χ4v) is 16.5. The molecule has 0 radical (unpaired) electrons. The van der Waals surface area contributed by atoms with Crippen molar-refractivity contribution in [2.75, 3.05) is 22.9 Å². The number of aromatic carboxylic acids is 3. The Morgan fingerprint density at radius 1 is 0.359 bits per heavy atom. The first-order chi connectivity index (χ1) is 61.8. The van der Waals surface area contributed by atoms with Crippen LogP contribution in [-0.2, 0) is 10.2 Å². The maximum atomic E-state index is 11.6. The molecule has 4 aromatic carbocycles. The molecule has 0 atom stereocenters. The number of anilines is 4. The predicted octanol–water partition coefficient (Wildman–Crippen LogP) is 19.7. The van der Waals surface area contributed by atoms with Gasteiger partial charge >= 0.3 is 23.9 Å². The Hall–Kier alpha value is -15.6. The minimum Gasteiger partial charge on any atom is -0.481 e. The highest BCUT2D eigenvalue weighted by molar-refractivity contribution is 9.11. The molecule has 0 saturated heterocycles. The van der Waals surface area contributed by atoms with Gasteiger partial charge in [0.25, 0.3) is 0 Å². The maximum absolute atomic E-state index is 11.6. The summed E-state index contributed by atoms with van der Waals surface area (Å²) < 4.78 is 13.7. The molecule has 36 heteroatoms. The minimum atomic E-state index is -1.16. The summed E-state index contributed by atoms with van der Waals surface area (Å²) in [5.74, 6) is -2.60. The van der Waals surface area contributed by atoms with Gasteiger partial charge in [0.2, 0.25) is 5.76 Å². The molecule has 16 heterocycles. The molecule has 20 aromatic rings. The molecule has 16 aromatic heterocycles. The third-order valence-corrected chi connectivity index (χ3v) is 24.8. The highest BCUT2D eigenvalue weighted by Gasteiger charge is 2.32. The number of halogens is 4. The van der Waals surface area contributed by atoms with Crippen LogP contribution in [0.4, 0.5) is 23.3 Å². The molecule has 0 fully saturated rings. The first kappa shape index (κ1) is 84.6. The van der Waals surface area contributed by atoms with E-state index in [1.165, 1.54) is 21.2 Å². The number of aliphatic carboxylic acids is 1. The van der Waals surface area contributed by atoms with Gasteiger partial charge in [-0.2, -0.15) is 38.5 Å². The van der Waals surface area contributed by atoms with E-state index in [0.29, 0.717) is 108 Å². The molecule has 0 aliphatic heterocycles. The molecule has 31 nitrogen and oxygen atoms in total. The lowest BCUT2D eigenvalue weighted by Crippen LogP contribution is -2.29. The number of nitrogens with zero attached hydrogens (tertiary/aromatic N) is 17. The quantitative estimate of drug-likeness (QED) is 0.0409. The number of fused-ring (bicyclic) bond motifs is 4. The molecule has 0 amide bonds. The zero-order chi connectivity index (χ0) is 89.3. The van der Waals surface area contributed by atoms with E-state index in [4.69, 9.17) is 47.4 Å². The van der Waals surface area contributed by atoms with Gasteiger partial charge in [0.1, 0.15) is 56.3 Å². The summed E-state index contributed by atoms with van der Waals surface area (Å²) >= 11 is 15.0. The summed E-state index contributed by atoms with van der Waals surface area (Å²) in [6, 6.07) is 68.2. The van der Waals surface area contributed by atoms with Gasteiger partial charge in [0.15, 0.2) is 28.3 Å². The van der Waals surface area contributed by atoms with Crippen LogP contribution in [0.1, 0.15) is 50.3 Å². The molecular formula is C92H64Br4N22O9S. The molecule has 20 rings (SSSR count). The summed E-state index contributed by atoms with van der Waals surface area (Å²) in [4.78, 5) is 90.7. The van der Waals surface area contributed by atoms with Gasteiger partial charge in [-0.05, 0) is 150 Å². The number of nitrogens with one attached hydrogen (secondary N) is 1. The van der Waals surface area contributed by atoms with E-state index in [1.807, 2.05) is 170 Å². The molecule has 13 N–H and O–H groups in total. The fraction of sp³-hybridized carbons (Fsp3) is 0.0326. The number of nitrogen functional groups attached to an aromatic ring is 4. The van der Waals surface area contributed by atoms with Crippen LogP contribution in [0.25, 0.3) is 157 Å². The zero-order valence-corrected chi connectivity index (χ0v) is 73.8. The lowest BCUT2D eigenvalue weighted by Gasteiger charge is -2.18. The van der Waals surface area contributed by atoms with Crippen molar-refractivity contribution in [2.45, 2.75) is 19.3 Å². The van der Waals surface area contributed by atoms with Crippen molar-refractivity contribution in [1.29, 1.82) is 0 Å². The SMILES string of the molecule is CC(C)(C(=O)O)c1ccc(-c2nc3c(-c4ccc(-c5ccccc5)nc4)cnn3c(N)c2Br)cn1.Nc1c(Br)c(-c2ccc(C(=O)O)[nH]2)nc2c(-c3ccc(-c4ccccc4)nc3)cnn12.Nc1c(Br)c(-c2ccc(C(=O)O)o2)nc2c(-c3ccc(-c4ccccc4)nc3)cnn12.Nc1c(Br)c(-c2ccc(C(=O)O)s2)nc2c(-c3ccc(-c4ccccc4)nc3)cnn12. The molecule has 0 saturated carbocycles. The van der Waals surface area contributed by atoms with Crippen LogP contribution in [0, 0.1) is 0 Å². The van der Waals surface area contributed by atoms with Crippen molar-refractivity contribution in [3.8, 4) is 134 Å². The Balaban J connectivity index is 0.000000120. The number of aromatic amines is 1. The van der Waals surface area contributed by atoms with E-state index < -0.39 is 29.3 Å². The Kier molecular flexibility index (Phi) is 23.5. The van der Waals surface area contributed by atoms with Crippen molar-refractivity contribution >= 4 is 145 Å². The number of H-pyrrole nitrogens is 1. The molecule has 0 bridgehead atoms. The summed E-state index contributed by atoms with van der Waals surface area (Å²) in [5, 5.41) is 54.6. The highest BCUT2D eigenvalue weighted by Crippen LogP contribution is 2.42. The Morgan fingerprint density at radius 2 is 0.719 bits per heavy atom. The first-order valence-corrected chi connectivity index (χ1v) is 42.5. The van der Waals surface area contributed by atoms with E-state index in [-0.39, 0.29) is 22.1 Å². The largest absolute Gasteiger partial charge is 0.481 e. The molecule has 0 unspecified atom stereocenters. The maximum Gasteiger partial charge on any atom is 0.371 e. The van der Waals surface area contributed by atoms with Crippen molar-refractivity contribution in [2.24, 2.45) is 0 Å². The standard InChI is InChI=1S/C26H21BrN6O2.C22H15BrN6O2.C22H14BrN5O3.C22H14BrN5O2S/c1-26(2,25(34)35)20-11-9-17(13-30-20)22-21(27)23(28)33-24(32-22)18(14-31-33)16-8-10-19(29-12-16)15-6-4-3-5-7-15;23-18-19(16-8-9-17(27-16)22(30)31)28-21-14(11-26-29(21)20(18)24)13-6-7-15(25-10-13)12-4-2-1-3-5-12;2*23-18-19(16-8-9-17(31-16)22(29)30)27-21-14(11-26-28(21)20(18)24)13-6-7-15(25-10-13)12-4-2-1-3-5-12/h3-14H,28H2,1-2H3,(H,34,35);1-11,27H,24H2,(H,30,31);2*1-11H,24H2,(H,29,30). The van der Waals surface area contributed by atoms with Gasteiger partial charge in [0, 0.05) is 103 Å². The number of thiophene rings is 1. The summed E-state index contributed by atoms with van der Waals surface area (Å²) in [6.45, 7) is 3.23. The Bertz CT molecular complexity index is 7100. The number of carbonyl (C=O) groups is 4. The van der Waals surface area contributed by atoms with Crippen LogP contribution < -0.4 is 22.9 Å². The Labute approximate surface area is 761 Å². The first-order valence-electron chi connectivity index (χ1n) is 38.5. The van der Waals surface area contributed by atoms with E-state index in [9.17, 15) is 34.5 Å². The number of furan rings is 1. The van der Waals surface area contributed by atoms with Crippen LogP contribution in [-0.4, -0.2) is 133 Å². The topological polar surface area (TPSA) is 467 Å². The second kappa shape index (κ2) is 35.5. The average Bonchev–Trinajstić information content (AvgIpc) is 1.57. The van der Waals surface area contributed by atoms with Crippen molar-refractivity contribution < 1.29 is 44.0 Å². The predicted molar refractivity (Wildman–Crippen MR) is 501 cm³/mol. The Morgan fingerprint density at radius 3 is 1.05 bits per heavy atom. The molecule has 630 valence electrons. The van der Waals surface area contributed by atoms with Gasteiger partial charge in [-0.1, -0.05) is 146 Å². The lowest BCUT2D eigenvalue weighted by molar-refractivity contribution is -0.142. The third kappa shape index (κ3) is 16.7. The van der Waals surface area contributed by atoms with Crippen molar-refractivity contribution in [3.63, 3.8) is 0 Å². The van der Waals surface area contributed by atoms with E-state index in [1.54, 1.807) is 115 Å². The number of hydrogen-bond acceptors (Lipinski definition) is 23. The van der Waals surface area contributed by atoms with Crippen LogP contribution in [0.5, 0.6) is 0 Å². The lowest BCUT2D eigenvalue weighted by atomic mass is 9.89. The van der Waals surface area contributed by atoms with E-state index in [2.05, 4.69) is 119 Å². The highest BCUT2D eigenvalue weighted by atomic mass is 79.9.